The second-order valence-electron chi connectivity index (χ2n) is 8.56. The van der Waals surface area contributed by atoms with Gasteiger partial charge in [-0.1, -0.05) is 86.6 Å². The smallest absolute Gasteiger partial charge is 0.123 e. The third-order valence-electron chi connectivity index (χ3n) is 5.40. The second-order valence-corrected chi connectivity index (χ2v) is 8.56. The first kappa shape index (κ1) is 29.4. The molecule has 186 valence electrons. The van der Waals surface area contributed by atoms with E-state index in [0.717, 1.165) is 36.3 Å². The maximum atomic E-state index is 9.47. The van der Waals surface area contributed by atoms with Crippen molar-refractivity contribution in [3.05, 3.63) is 102 Å². The van der Waals surface area contributed by atoms with Crippen molar-refractivity contribution in [3.63, 3.8) is 0 Å². The zero-order valence-corrected chi connectivity index (χ0v) is 22.1. The lowest BCUT2D eigenvalue weighted by Gasteiger charge is -2.30. The number of hydrogen-bond donors (Lipinski definition) is 1. The molecular formula is C31H45NO2. The van der Waals surface area contributed by atoms with Gasteiger partial charge < -0.3 is 9.84 Å². The van der Waals surface area contributed by atoms with Gasteiger partial charge in [-0.3, -0.25) is 4.90 Å². The normalized spacial score (nSPS) is 10.4. The summed E-state index contributed by atoms with van der Waals surface area (Å²) in [5.74, 6) is 0.923. The molecule has 0 aliphatic carbocycles. The van der Waals surface area contributed by atoms with E-state index >= 15 is 0 Å². The van der Waals surface area contributed by atoms with Crippen LogP contribution in [-0.4, -0.2) is 28.6 Å². The molecule has 1 N–H and O–H groups in total. The first-order valence-corrected chi connectivity index (χ1v) is 12.7. The van der Waals surface area contributed by atoms with Crippen LogP contribution in [0.25, 0.3) is 0 Å². The third kappa shape index (κ3) is 11.5. The summed E-state index contributed by atoms with van der Waals surface area (Å²) >= 11 is 0. The lowest BCUT2D eigenvalue weighted by atomic mass is 10.0. The van der Waals surface area contributed by atoms with Crippen LogP contribution in [0.2, 0.25) is 0 Å². The SMILES string of the molecule is CC.CC(C)N(CCCc1cc(CO)ccc1OCc1ccccc1)C(C)C.c1ccccc1. The number of benzene rings is 3. The molecule has 0 radical (unpaired) electrons. The minimum Gasteiger partial charge on any atom is -0.489 e. The molecule has 0 saturated carbocycles. The van der Waals surface area contributed by atoms with Gasteiger partial charge >= 0.3 is 0 Å². The highest BCUT2D eigenvalue weighted by atomic mass is 16.5. The van der Waals surface area contributed by atoms with Gasteiger partial charge in [0, 0.05) is 12.1 Å². The van der Waals surface area contributed by atoms with Gasteiger partial charge in [0.1, 0.15) is 12.4 Å². The molecule has 0 heterocycles. The van der Waals surface area contributed by atoms with E-state index in [0.29, 0.717) is 18.7 Å². The lowest BCUT2D eigenvalue weighted by molar-refractivity contribution is 0.173. The summed E-state index contributed by atoms with van der Waals surface area (Å²) in [7, 11) is 0. The molecule has 0 unspecified atom stereocenters. The number of hydrogen-bond acceptors (Lipinski definition) is 3. The van der Waals surface area contributed by atoms with Crippen LogP contribution in [0.5, 0.6) is 5.75 Å². The van der Waals surface area contributed by atoms with Crippen molar-refractivity contribution in [3.8, 4) is 5.75 Å². The molecule has 0 aliphatic heterocycles. The van der Waals surface area contributed by atoms with Crippen LogP contribution in [0.15, 0.2) is 84.9 Å². The average molecular weight is 464 g/mol. The van der Waals surface area contributed by atoms with Crippen molar-refractivity contribution in [2.75, 3.05) is 6.54 Å². The molecule has 0 fully saturated rings. The summed E-state index contributed by atoms with van der Waals surface area (Å²) in [5, 5.41) is 9.47. The second kappa shape index (κ2) is 17.8. The largest absolute Gasteiger partial charge is 0.489 e. The first-order valence-electron chi connectivity index (χ1n) is 12.7. The van der Waals surface area contributed by atoms with E-state index in [-0.39, 0.29) is 6.61 Å². The maximum absolute atomic E-state index is 9.47. The van der Waals surface area contributed by atoms with Crippen molar-refractivity contribution >= 4 is 0 Å². The molecule has 0 spiro atoms. The van der Waals surface area contributed by atoms with Gasteiger partial charge in [-0.15, -0.1) is 0 Å². The molecule has 3 aromatic rings. The number of rotatable bonds is 10. The summed E-state index contributed by atoms with van der Waals surface area (Å²) in [4.78, 5) is 2.51. The van der Waals surface area contributed by atoms with Crippen LogP contribution in [-0.2, 0) is 19.6 Å². The predicted molar refractivity (Wildman–Crippen MR) is 146 cm³/mol. The van der Waals surface area contributed by atoms with Crippen LogP contribution in [0.4, 0.5) is 0 Å². The Morgan fingerprint density at radius 1 is 0.735 bits per heavy atom. The minimum absolute atomic E-state index is 0.0656. The molecule has 0 atom stereocenters. The molecule has 3 heteroatoms. The van der Waals surface area contributed by atoms with Gasteiger partial charge in [-0.25, -0.2) is 0 Å². The summed E-state index contributed by atoms with van der Waals surface area (Å²) in [5.41, 5.74) is 3.28. The molecule has 0 saturated heterocycles. The van der Waals surface area contributed by atoms with Crippen LogP contribution in [0, 0.1) is 0 Å². The Balaban J connectivity index is 0.000000615. The Morgan fingerprint density at radius 2 is 1.26 bits per heavy atom. The van der Waals surface area contributed by atoms with Crippen LogP contribution in [0.1, 0.15) is 64.7 Å². The number of aliphatic hydroxyl groups excluding tert-OH is 1. The van der Waals surface area contributed by atoms with Gasteiger partial charge in [-0.05, 0) is 75.9 Å². The summed E-state index contributed by atoms with van der Waals surface area (Å²) in [6.07, 6.45) is 2.03. The summed E-state index contributed by atoms with van der Waals surface area (Å²) < 4.78 is 6.08. The van der Waals surface area contributed by atoms with Gasteiger partial charge in [0.15, 0.2) is 0 Å². The molecule has 0 amide bonds. The predicted octanol–water partition coefficient (Wildman–Crippen LogP) is 7.52. The van der Waals surface area contributed by atoms with Gasteiger partial charge in [0.25, 0.3) is 0 Å². The Kier molecular flexibility index (Phi) is 15.4. The topological polar surface area (TPSA) is 32.7 Å². The number of nitrogens with zero attached hydrogens (tertiary/aromatic N) is 1. The van der Waals surface area contributed by atoms with E-state index in [1.54, 1.807) is 0 Å². The average Bonchev–Trinajstić information content (AvgIpc) is 2.88. The Morgan fingerprint density at radius 3 is 1.76 bits per heavy atom. The monoisotopic (exact) mass is 463 g/mol. The fourth-order valence-corrected chi connectivity index (χ4v) is 3.75. The fourth-order valence-electron chi connectivity index (χ4n) is 3.75. The highest BCUT2D eigenvalue weighted by Gasteiger charge is 2.13. The molecule has 0 aromatic heterocycles. The van der Waals surface area contributed by atoms with Crippen LogP contribution >= 0.6 is 0 Å². The van der Waals surface area contributed by atoms with Crippen molar-refractivity contribution in [2.45, 2.75) is 79.7 Å². The van der Waals surface area contributed by atoms with Crippen molar-refractivity contribution in [2.24, 2.45) is 0 Å². The van der Waals surface area contributed by atoms with Gasteiger partial charge in [0.2, 0.25) is 0 Å². The quantitative estimate of drug-likeness (QED) is 0.337. The highest BCUT2D eigenvalue weighted by molar-refractivity contribution is 5.37. The van der Waals surface area contributed by atoms with E-state index < -0.39 is 0 Å². The number of aryl methyl sites for hydroxylation is 1. The Hall–Kier alpha value is -2.62. The molecular weight excluding hydrogens is 418 g/mol. The van der Waals surface area contributed by atoms with Crippen molar-refractivity contribution in [1.29, 1.82) is 0 Å². The number of aliphatic hydroxyl groups is 1. The molecule has 34 heavy (non-hydrogen) atoms. The number of ether oxygens (including phenoxy) is 1. The molecule has 3 rings (SSSR count). The first-order chi connectivity index (χ1) is 16.5. The van der Waals surface area contributed by atoms with E-state index in [1.807, 2.05) is 80.6 Å². The molecule has 3 nitrogen and oxygen atoms in total. The van der Waals surface area contributed by atoms with E-state index in [2.05, 4.69) is 50.8 Å². The lowest BCUT2D eigenvalue weighted by Crippen LogP contribution is -2.37. The summed E-state index contributed by atoms with van der Waals surface area (Å²) in [6.45, 7) is 14.7. The highest BCUT2D eigenvalue weighted by Crippen LogP contribution is 2.23. The zero-order valence-electron chi connectivity index (χ0n) is 22.1. The van der Waals surface area contributed by atoms with Crippen LogP contribution in [0.3, 0.4) is 0 Å². The zero-order chi connectivity index (χ0) is 25.2. The van der Waals surface area contributed by atoms with E-state index in [4.69, 9.17) is 4.74 Å². The maximum Gasteiger partial charge on any atom is 0.123 e. The summed E-state index contributed by atoms with van der Waals surface area (Å²) in [6, 6.07) is 29.3. The Bertz CT molecular complexity index is 828. The van der Waals surface area contributed by atoms with E-state index in [9.17, 15) is 5.11 Å². The van der Waals surface area contributed by atoms with Gasteiger partial charge in [-0.2, -0.15) is 0 Å². The van der Waals surface area contributed by atoms with Crippen molar-refractivity contribution < 1.29 is 9.84 Å². The molecule has 0 bridgehead atoms. The fraction of sp³-hybridized carbons (Fsp3) is 0.419. The standard InChI is InChI=1S/C23H33NO2.C6H6.C2H6/c1-18(2)24(19(3)4)14-8-11-22-15-21(16-25)12-13-23(22)26-17-20-9-6-5-7-10-20;1-2-4-6-5-3-1;1-2/h5-7,9-10,12-13,15,18-19,25H,8,11,14,16-17H2,1-4H3;1-6H;1-2H3. The Labute approximate surface area is 208 Å². The molecule has 0 aliphatic rings. The van der Waals surface area contributed by atoms with Crippen LogP contribution < -0.4 is 4.74 Å². The van der Waals surface area contributed by atoms with Crippen molar-refractivity contribution in [1.82, 2.24) is 4.90 Å². The minimum atomic E-state index is 0.0656. The van der Waals surface area contributed by atoms with Gasteiger partial charge in [0.05, 0.1) is 6.61 Å². The molecule has 3 aromatic carbocycles. The van der Waals surface area contributed by atoms with E-state index in [1.165, 1.54) is 5.56 Å². The third-order valence-corrected chi connectivity index (χ3v) is 5.40.